The first kappa shape index (κ1) is 18.4. The average molecular weight is 377 g/mol. The third kappa shape index (κ3) is 3.90. The average Bonchev–Trinajstić information content (AvgIpc) is 2.60. The lowest BCUT2D eigenvalue weighted by atomic mass is 9.94. The van der Waals surface area contributed by atoms with Crippen molar-refractivity contribution in [1.29, 1.82) is 0 Å². The maximum absolute atomic E-state index is 12.5. The van der Waals surface area contributed by atoms with E-state index >= 15 is 0 Å². The van der Waals surface area contributed by atoms with Gasteiger partial charge in [0, 0.05) is 37.8 Å². The fraction of sp³-hybridized carbons (Fsp3) is 0.444. The Morgan fingerprint density at radius 2 is 1.69 bits per heavy atom. The van der Waals surface area contributed by atoms with Gasteiger partial charge in [0.15, 0.2) is 0 Å². The molecule has 0 atom stereocenters. The Morgan fingerprint density at radius 1 is 1.08 bits per heavy atom. The Labute approximate surface area is 153 Å². The zero-order chi connectivity index (χ0) is 18.7. The summed E-state index contributed by atoms with van der Waals surface area (Å²) < 4.78 is 27.3. The van der Waals surface area contributed by atoms with E-state index in [4.69, 9.17) is 0 Å². The summed E-state index contributed by atoms with van der Waals surface area (Å²) in [6.45, 7) is 4.97. The number of likely N-dealkylation sites (tertiary alicyclic amines) is 2. The molecule has 1 N–H and O–H groups in total. The molecule has 0 radical (unpaired) electrons. The first-order valence-electron chi connectivity index (χ1n) is 8.67. The quantitative estimate of drug-likeness (QED) is 0.778. The molecule has 0 spiro atoms. The Hall–Kier alpha value is -2.35. The number of nitrogens with one attached hydrogen (secondary N) is 1. The van der Waals surface area contributed by atoms with Crippen LogP contribution in [0, 0.1) is 5.92 Å². The van der Waals surface area contributed by atoms with Crippen LogP contribution in [-0.4, -0.2) is 61.5 Å². The zero-order valence-electron chi connectivity index (χ0n) is 14.5. The lowest BCUT2D eigenvalue weighted by Gasteiger charge is -2.41. The van der Waals surface area contributed by atoms with E-state index in [9.17, 15) is 18.0 Å². The predicted molar refractivity (Wildman–Crippen MR) is 98.9 cm³/mol. The van der Waals surface area contributed by atoms with Crippen molar-refractivity contribution >= 4 is 27.5 Å². The van der Waals surface area contributed by atoms with Gasteiger partial charge in [-0.05, 0) is 31.1 Å². The summed E-state index contributed by atoms with van der Waals surface area (Å²) in [5.74, 6) is -0.269. The molecule has 0 saturated carbocycles. The lowest BCUT2D eigenvalue weighted by Crippen LogP contribution is -2.60. The van der Waals surface area contributed by atoms with Crippen LogP contribution in [0.1, 0.15) is 12.8 Å². The number of carbonyl (C=O) groups excluding carboxylic acids is 2. The highest BCUT2D eigenvalue weighted by molar-refractivity contribution is 7.93. The maximum Gasteiger partial charge on any atom is 0.245 e. The van der Waals surface area contributed by atoms with Crippen molar-refractivity contribution in [3.8, 4) is 0 Å². The second-order valence-electron chi connectivity index (χ2n) is 6.68. The van der Waals surface area contributed by atoms with Crippen molar-refractivity contribution in [2.75, 3.05) is 30.9 Å². The third-order valence-electron chi connectivity index (χ3n) is 4.96. The highest BCUT2D eigenvalue weighted by Crippen LogP contribution is 2.25. The minimum absolute atomic E-state index is 0.0122. The Balaban J connectivity index is 1.49. The molecule has 26 heavy (non-hydrogen) atoms. The molecule has 3 rings (SSSR count). The minimum Gasteiger partial charge on any atom is -0.340 e. The summed E-state index contributed by atoms with van der Waals surface area (Å²) in [5, 5.41) is -0.589. The van der Waals surface area contributed by atoms with Crippen LogP contribution in [0.3, 0.4) is 0 Å². The second kappa shape index (κ2) is 7.49. The zero-order valence-corrected chi connectivity index (χ0v) is 15.3. The largest absolute Gasteiger partial charge is 0.340 e. The molecule has 1 aromatic rings. The Bertz CT molecular complexity index is 780. The first-order valence-corrected chi connectivity index (χ1v) is 10.2. The molecule has 2 amide bonds. The molecule has 0 aromatic heterocycles. The number of rotatable bonds is 5. The number of sulfonamides is 1. The van der Waals surface area contributed by atoms with Gasteiger partial charge in [0.1, 0.15) is 5.25 Å². The Morgan fingerprint density at radius 3 is 2.27 bits per heavy atom. The van der Waals surface area contributed by atoms with Crippen LogP contribution >= 0.6 is 0 Å². The van der Waals surface area contributed by atoms with E-state index in [0.717, 1.165) is 0 Å². The van der Waals surface area contributed by atoms with E-state index in [2.05, 4.69) is 11.3 Å². The van der Waals surface area contributed by atoms with Crippen molar-refractivity contribution in [2.45, 2.75) is 18.1 Å². The number of para-hydroxylation sites is 1. The summed E-state index contributed by atoms with van der Waals surface area (Å²) in [6.07, 6.45) is 2.50. The van der Waals surface area contributed by atoms with Gasteiger partial charge in [-0.2, -0.15) is 0 Å². The van der Waals surface area contributed by atoms with E-state index in [1.54, 1.807) is 34.1 Å². The van der Waals surface area contributed by atoms with Crippen LogP contribution in [0.5, 0.6) is 0 Å². The number of hydrogen-bond donors (Lipinski definition) is 1. The first-order chi connectivity index (χ1) is 12.4. The second-order valence-corrected chi connectivity index (χ2v) is 8.64. The van der Waals surface area contributed by atoms with Gasteiger partial charge < -0.3 is 9.80 Å². The fourth-order valence-electron chi connectivity index (χ4n) is 3.30. The topological polar surface area (TPSA) is 86.8 Å². The molecular weight excluding hydrogens is 354 g/mol. The normalized spacial score (nSPS) is 18.9. The molecular formula is C18H23N3O4S. The SMILES string of the molecule is C=CC(=O)N1CCC(C(=O)N2CC(S(=O)(=O)Nc3ccccc3)C2)CC1. The van der Waals surface area contributed by atoms with E-state index in [-0.39, 0.29) is 30.8 Å². The summed E-state index contributed by atoms with van der Waals surface area (Å²) in [5.41, 5.74) is 0.525. The maximum atomic E-state index is 12.5. The number of carbonyl (C=O) groups is 2. The molecule has 1 aromatic carbocycles. The van der Waals surface area contributed by atoms with Gasteiger partial charge in [0.05, 0.1) is 0 Å². The van der Waals surface area contributed by atoms with Crippen LogP contribution in [0.4, 0.5) is 5.69 Å². The number of anilines is 1. The predicted octanol–water partition coefficient (Wildman–Crippen LogP) is 1.06. The van der Waals surface area contributed by atoms with Crippen molar-refractivity contribution in [1.82, 2.24) is 9.80 Å². The molecule has 2 saturated heterocycles. The number of amides is 2. The molecule has 2 fully saturated rings. The molecule has 2 aliphatic rings. The van der Waals surface area contributed by atoms with Gasteiger partial charge in [0.25, 0.3) is 0 Å². The number of benzene rings is 1. The van der Waals surface area contributed by atoms with Crippen LogP contribution in [0.15, 0.2) is 43.0 Å². The number of hydrogen-bond acceptors (Lipinski definition) is 4. The van der Waals surface area contributed by atoms with Gasteiger partial charge in [-0.15, -0.1) is 0 Å². The van der Waals surface area contributed by atoms with Crippen molar-refractivity contribution in [3.05, 3.63) is 43.0 Å². The standard InChI is InChI=1S/C18H23N3O4S/c1-2-17(22)20-10-8-14(9-11-20)18(23)21-12-16(13-21)26(24,25)19-15-6-4-3-5-7-15/h2-7,14,16,19H,1,8-13H2. The fourth-order valence-corrected chi connectivity index (χ4v) is 4.69. The van der Waals surface area contributed by atoms with Crippen LogP contribution in [0.2, 0.25) is 0 Å². The molecule has 0 aliphatic carbocycles. The van der Waals surface area contributed by atoms with E-state index in [0.29, 0.717) is 31.6 Å². The molecule has 2 heterocycles. The van der Waals surface area contributed by atoms with Gasteiger partial charge >= 0.3 is 0 Å². The minimum atomic E-state index is -3.51. The van der Waals surface area contributed by atoms with Gasteiger partial charge in [-0.1, -0.05) is 24.8 Å². The molecule has 0 unspecified atom stereocenters. The number of piperidine rings is 1. The molecule has 8 heteroatoms. The van der Waals surface area contributed by atoms with Gasteiger partial charge in [0.2, 0.25) is 21.8 Å². The smallest absolute Gasteiger partial charge is 0.245 e. The van der Waals surface area contributed by atoms with E-state index in [1.165, 1.54) is 6.08 Å². The highest BCUT2D eigenvalue weighted by Gasteiger charge is 2.42. The van der Waals surface area contributed by atoms with Crippen molar-refractivity contribution in [2.24, 2.45) is 5.92 Å². The molecule has 140 valence electrons. The van der Waals surface area contributed by atoms with E-state index in [1.807, 2.05) is 6.07 Å². The van der Waals surface area contributed by atoms with Gasteiger partial charge in [-0.25, -0.2) is 8.42 Å². The van der Waals surface area contributed by atoms with Crippen LogP contribution < -0.4 is 4.72 Å². The summed E-state index contributed by atoms with van der Waals surface area (Å²) >= 11 is 0. The van der Waals surface area contributed by atoms with E-state index < -0.39 is 15.3 Å². The number of nitrogens with zero attached hydrogens (tertiary/aromatic N) is 2. The summed E-state index contributed by atoms with van der Waals surface area (Å²) in [4.78, 5) is 27.4. The highest BCUT2D eigenvalue weighted by atomic mass is 32.2. The summed E-state index contributed by atoms with van der Waals surface area (Å²) in [7, 11) is -3.51. The van der Waals surface area contributed by atoms with Crippen LogP contribution in [0.25, 0.3) is 0 Å². The Kier molecular flexibility index (Phi) is 5.31. The molecule has 0 bridgehead atoms. The third-order valence-corrected chi connectivity index (χ3v) is 6.66. The van der Waals surface area contributed by atoms with Crippen molar-refractivity contribution < 1.29 is 18.0 Å². The van der Waals surface area contributed by atoms with Crippen molar-refractivity contribution in [3.63, 3.8) is 0 Å². The van der Waals surface area contributed by atoms with Gasteiger partial charge in [-0.3, -0.25) is 14.3 Å². The molecule has 7 nitrogen and oxygen atoms in total. The summed E-state index contributed by atoms with van der Waals surface area (Å²) in [6, 6.07) is 8.72. The lowest BCUT2D eigenvalue weighted by molar-refractivity contribution is -0.142. The molecule has 2 aliphatic heterocycles. The van der Waals surface area contributed by atoms with Crippen LogP contribution in [-0.2, 0) is 19.6 Å². The monoisotopic (exact) mass is 377 g/mol.